The first-order valence-electron chi connectivity index (χ1n) is 3.51. The number of nitrogens with zero attached hydrogens (tertiary/aromatic N) is 1. The Kier molecular flexibility index (Phi) is 2.87. The molecule has 1 rings (SSSR count). The Hall–Kier alpha value is -1.10. The molecule has 70 valence electrons. The minimum Gasteiger partial charge on any atom is -0.464 e. The van der Waals surface area contributed by atoms with Crippen LogP contribution in [0.2, 0.25) is 0 Å². The van der Waals surface area contributed by atoms with E-state index in [0.29, 0.717) is 4.47 Å². The van der Waals surface area contributed by atoms with Crippen molar-refractivity contribution in [2.75, 3.05) is 7.11 Å². The summed E-state index contributed by atoms with van der Waals surface area (Å²) in [5.41, 5.74) is -0.0291. The molecule has 1 heterocycles. The molecule has 0 aliphatic rings. The molecule has 0 N–H and O–H groups in total. The van der Waals surface area contributed by atoms with Gasteiger partial charge in [-0.3, -0.25) is 4.79 Å². The van der Waals surface area contributed by atoms with E-state index in [1.807, 2.05) is 0 Å². The number of carbonyl (C=O) groups is 1. The minimum absolute atomic E-state index is 0.232. The number of ether oxygens (including phenoxy) is 1. The number of methoxy groups -OCH3 is 1. The van der Waals surface area contributed by atoms with Crippen LogP contribution in [0, 0.1) is 0 Å². The lowest BCUT2D eigenvalue weighted by atomic mass is 10.3. The zero-order valence-corrected chi connectivity index (χ0v) is 8.79. The van der Waals surface area contributed by atoms with Crippen LogP contribution in [0.5, 0.6) is 0 Å². The summed E-state index contributed by atoms with van der Waals surface area (Å²) in [6.45, 7) is 0. The number of hydrogen-bond donors (Lipinski definition) is 0. The fraction of sp³-hybridized carbons (Fsp3) is 0.250. The number of esters is 1. The van der Waals surface area contributed by atoms with Crippen molar-refractivity contribution in [3.8, 4) is 0 Å². The van der Waals surface area contributed by atoms with Gasteiger partial charge in [-0.2, -0.15) is 0 Å². The Morgan fingerprint density at radius 2 is 2.15 bits per heavy atom. The van der Waals surface area contributed by atoms with Gasteiger partial charge < -0.3 is 9.30 Å². The van der Waals surface area contributed by atoms with E-state index in [9.17, 15) is 9.59 Å². The summed E-state index contributed by atoms with van der Waals surface area (Å²) in [5, 5.41) is 0. The van der Waals surface area contributed by atoms with Gasteiger partial charge in [0, 0.05) is 7.05 Å². The van der Waals surface area contributed by atoms with Crippen LogP contribution in [0.4, 0.5) is 0 Å². The van der Waals surface area contributed by atoms with E-state index in [2.05, 4.69) is 20.7 Å². The standard InChI is InChI=1S/C8H8BrNO3/c1-10-6(8(12)13-2)4-3-5(9)7(10)11/h3-4H,1-2H3. The quantitative estimate of drug-likeness (QED) is 0.692. The topological polar surface area (TPSA) is 48.3 Å². The SMILES string of the molecule is COC(=O)c1ccc(Br)c(=O)n1C. The summed E-state index contributed by atoms with van der Waals surface area (Å²) < 4.78 is 6.15. The zero-order chi connectivity index (χ0) is 10.0. The van der Waals surface area contributed by atoms with Crippen LogP contribution in [0.3, 0.4) is 0 Å². The highest BCUT2D eigenvalue weighted by atomic mass is 79.9. The summed E-state index contributed by atoms with van der Waals surface area (Å²) in [6, 6.07) is 3.05. The Morgan fingerprint density at radius 1 is 1.54 bits per heavy atom. The lowest BCUT2D eigenvalue weighted by Crippen LogP contribution is -2.23. The second kappa shape index (κ2) is 3.74. The molecule has 1 aromatic heterocycles. The van der Waals surface area contributed by atoms with Gasteiger partial charge in [0.25, 0.3) is 5.56 Å². The molecule has 13 heavy (non-hydrogen) atoms. The second-order valence-corrected chi connectivity index (χ2v) is 3.28. The van der Waals surface area contributed by atoms with Gasteiger partial charge in [-0.15, -0.1) is 0 Å². The van der Waals surface area contributed by atoms with Gasteiger partial charge in [-0.05, 0) is 28.1 Å². The number of pyridine rings is 1. The summed E-state index contributed by atoms with van der Waals surface area (Å²) in [5.74, 6) is -0.521. The summed E-state index contributed by atoms with van der Waals surface area (Å²) in [4.78, 5) is 22.4. The number of rotatable bonds is 1. The Bertz CT molecular complexity index is 397. The first kappa shape index (κ1) is 9.98. The van der Waals surface area contributed by atoms with E-state index < -0.39 is 5.97 Å². The summed E-state index contributed by atoms with van der Waals surface area (Å²) in [6.07, 6.45) is 0. The van der Waals surface area contributed by atoms with Crippen molar-refractivity contribution < 1.29 is 9.53 Å². The van der Waals surface area contributed by atoms with Gasteiger partial charge in [0.2, 0.25) is 0 Å². The third-order valence-corrected chi connectivity index (χ3v) is 2.26. The molecule has 0 unspecified atom stereocenters. The maximum atomic E-state index is 11.3. The highest BCUT2D eigenvalue weighted by Crippen LogP contribution is 2.05. The van der Waals surface area contributed by atoms with Crippen LogP contribution in [-0.2, 0) is 11.8 Å². The van der Waals surface area contributed by atoms with Crippen LogP contribution < -0.4 is 5.56 Å². The van der Waals surface area contributed by atoms with E-state index >= 15 is 0 Å². The van der Waals surface area contributed by atoms with E-state index in [4.69, 9.17) is 0 Å². The molecule has 0 spiro atoms. The average molecular weight is 246 g/mol. The van der Waals surface area contributed by atoms with Crippen LogP contribution in [0.15, 0.2) is 21.4 Å². The van der Waals surface area contributed by atoms with Crippen LogP contribution in [-0.4, -0.2) is 17.6 Å². The smallest absolute Gasteiger partial charge is 0.354 e. The van der Waals surface area contributed by atoms with E-state index in [-0.39, 0.29) is 11.3 Å². The molecule has 0 aliphatic carbocycles. The molecule has 0 saturated heterocycles. The lowest BCUT2D eigenvalue weighted by Gasteiger charge is -2.05. The molecule has 0 radical (unpaired) electrons. The molecule has 0 bridgehead atoms. The van der Waals surface area contributed by atoms with E-state index in [0.717, 1.165) is 0 Å². The first-order valence-corrected chi connectivity index (χ1v) is 4.31. The van der Waals surface area contributed by atoms with E-state index in [1.54, 1.807) is 0 Å². The molecule has 0 atom stereocenters. The average Bonchev–Trinajstić information content (AvgIpc) is 2.13. The summed E-state index contributed by atoms with van der Waals surface area (Å²) >= 11 is 3.07. The molecule has 0 fully saturated rings. The number of aromatic nitrogens is 1. The second-order valence-electron chi connectivity index (χ2n) is 2.42. The van der Waals surface area contributed by atoms with Crippen LogP contribution in [0.25, 0.3) is 0 Å². The Balaban J connectivity index is 3.35. The molecule has 0 aromatic carbocycles. The third-order valence-electron chi connectivity index (χ3n) is 1.65. The Morgan fingerprint density at radius 3 is 2.69 bits per heavy atom. The molecule has 0 amide bonds. The lowest BCUT2D eigenvalue weighted by molar-refractivity contribution is 0.0588. The van der Waals surface area contributed by atoms with Crippen molar-refractivity contribution in [2.24, 2.45) is 7.05 Å². The van der Waals surface area contributed by atoms with Crippen molar-refractivity contribution in [3.05, 3.63) is 32.7 Å². The maximum absolute atomic E-state index is 11.3. The van der Waals surface area contributed by atoms with Gasteiger partial charge in [0.15, 0.2) is 0 Å². The number of hydrogen-bond acceptors (Lipinski definition) is 3. The third kappa shape index (κ3) is 1.80. The minimum atomic E-state index is -0.521. The van der Waals surface area contributed by atoms with Crippen molar-refractivity contribution in [2.45, 2.75) is 0 Å². The maximum Gasteiger partial charge on any atom is 0.354 e. The molecule has 4 nitrogen and oxygen atoms in total. The van der Waals surface area contributed by atoms with Crippen molar-refractivity contribution in [1.82, 2.24) is 4.57 Å². The normalized spacial score (nSPS) is 9.77. The molecule has 0 aliphatic heterocycles. The Labute approximate surface area is 83.3 Å². The van der Waals surface area contributed by atoms with Gasteiger partial charge in [0.05, 0.1) is 11.6 Å². The zero-order valence-electron chi connectivity index (χ0n) is 7.20. The van der Waals surface area contributed by atoms with Crippen LogP contribution >= 0.6 is 15.9 Å². The van der Waals surface area contributed by atoms with Crippen LogP contribution in [0.1, 0.15) is 10.5 Å². The van der Waals surface area contributed by atoms with Gasteiger partial charge >= 0.3 is 5.97 Å². The summed E-state index contributed by atoms with van der Waals surface area (Å²) in [7, 11) is 2.79. The van der Waals surface area contributed by atoms with Gasteiger partial charge in [-0.25, -0.2) is 4.79 Å². The molecular formula is C8H8BrNO3. The molecule has 0 saturated carbocycles. The fourth-order valence-corrected chi connectivity index (χ4v) is 1.31. The van der Waals surface area contributed by atoms with Crippen molar-refractivity contribution >= 4 is 21.9 Å². The predicted molar refractivity (Wildman–Crippen MR) is 50.7 cm³/mol. The number of carbonyl (C=O) groups excluding carboxylic acids is 1. The monoisotopic (exact) mass is 245 g/mol. The van der Waals surface area contributed by atoms with Crippen molar-refractivity contribution in [3.63, 3.8) is 0 Å². The largest absolute Gasteiger partial charge is 0.464 e. The highest BCUT2D eigenvalue weighted by molar-refractivity contribution is 9.10. The molecule has 1 aromatic rings. The fourth-order valence-electron chi connectivity index (χ4n) is 0.914. The van der Waals surface area contributed by atoms with Gasteiger partial charge in [0.1, 0.15) is 5.69 Å². The van der Waals surface area contributed by atoms with Gasteiger partial charge in [-0.1, -0.05) is 0 Å². The van der Waals surface area contributed by atoms with Crippen molar-refractivity contribution in [1.29, 1.82) is 0 Å². The predicted octanol–water partition coefficient (Wildman–Crippen LogP) is 0.934. The molecule has 5 heteroatoms. The molecular weight excluding hydrogens is 238 g/mol. The highest BCUT2D eigenvalue weighted by Gasteiger charge is 2.10. The number of halogens is 1. The van der Waals surface area contributed by atoms with E-state index in [1.165, 1.54) is 30.9 Å². The first-order chi connectivity index (χ1) is 6.07.